The summed E-state index contributed by atoms with van der Waals surface area (Å²) in [7, 11) is 0. The molecular weight excluding hydrogens is 384 g/mol. The molecule has 2 N–H and O–H groups in total. The SMILES string of the molecule is OCCC1CCCC1Nc1nc(CN2CCOCC2)nc2sc3c(c12)CCCC3. The van der Waals surface area contributed by atoms with E-state index in [4.69, 9.17) is 14.7 Å². The molecule has 1 saturated carbocycles. The summed E-state index contributed by atoms with van der Waals surface area (Å²) < 4.78 is 5.50. The Labute approximate surface area is 176 Å². The minimum absolute atomic E-state index is 0.276. The van der Waals surface area contributed by atoms with Crippen LogP contribution in [0.3, 0.4) is 0 Å². The Hall–Kier alpha value is -1.28. The molecule has 1 aliphatic heterocycles. The van der Waals surface area contributed by atoms with Gasteiger partial charge in [-0.2, -0.15) is 0 Å². The van der Waals surface area contributed by atoms with Gasteiger partial charge in [0, 0.05) is 30.6 Å². The van der Waals surface area contributed by atoms with E-state index in [2.05, 4.69) is 10.2 Å². The molecule has 0 aromatic carbocycles. The van der Waals surface area contributed by atoms with E-state index in [0.29, 0.717) is 12.0 Å². The summed E-state index contributed by atoms with van der Waals surface area (Å²) >= 11 is 1.88. The average molecular weight is 417 g/mol. The first-order valence-electron chi connectivity index (χ1n) is 11.3. The first kappa shape index (κ1) is 19.7. The first-order valence-corrected chi connectivity index (χ1v) is 12.1. The topological polar surface area (TPSA) is 70.5 Å². The molecule has 0 radical (unpaired) electrons. The number of aliphatic hydroxyl groups excluding tert-OH is 1. The molecule has 6 nitrogen and oxygen atoms in total. The van der Waals surface area contributed by atoms with Crippen molar-refractivity contribution in [2.24, 2.45) is 5.92 Å². The van der Waals surface area contributed by atoms with E-state index in [0.717, 1.165) is 62.2 Å². The smallest absolute Gasteiger partial charge is 0.146 e. The van der Waals surface area contributed by atoms with E-state index in [1.165, 1.54) is 54.4 Å². The molecule has 3 heterocycles. The lowest BCUT2D eigenvalue weighted by Gasteiger charge is -2.26. The van der Waals surface area contributed by atoms with Crippen LogP contribution in [0.5, 0.6) is 0 Å². The van der Waals surface area contributed by atoms with Crippen molar-refractivity contribution in [2.75, 3.05) is 38.2 Å². The van der Waals surface area contributed by atoms with Gasteiger partial charge in [0.1, 0.15) is 16.5 Å². The van der Waals surface area contributed by atoms with Crippen LogP contribution in [0.1, 0.15) is 54.8 Å². The van der Waals surface area contributed by atoms with Crippen LogP contribution in [0.15, 0.2) is 0 Å². The van der Waals surface area contributed by atoms with Crippen LogP contribution in [-0.4, -0.2) is 58.9 Å². The van der Waals surface area contributed by atoms with Crippen LogP contribution in [-0.2, 0) is 24.1 Å². The van der Waals surface area contributed by atoms with Gasteiger partial charge >= 0.3 is 0 Å². The number of rotatable bonds is 6. The van der Waals surface area contributed by atoms with Gasteiger partial charge < -0.3 is 15.2 Å². The van der Waals surface area contributed by atoms with Gasteiger partial charge in [0.15, 0.2) is 0 Å². The van der Waals surface area contributed by atoms with E-state index in [9.17, 15) is 5.11 Å². The molecule has 2 atom stereocenters. The van der Waals surface area contributed by atoms with Crippen molar-refractivity contribution >= 4 is 27.4 Å². The fourth-order valence-corrected chi connectivity index (χ4v) is 6.53. The highest BCUT2D eigenvalue weighted by atomic mass is 32.1. The summed E-state index contributed by atoms with van der Waals surface area (Å²) in [4.78, 5) is 15.2. The van der Waals surface area contributed by atoms with Crippen LogP contribution in [0.2, 0.25) is 0 Å². The Bertz CT molecular complexity index is 849. The lowest BCUT2D eigenvalue weighted by atomic mass is 9.96. The molecule has 29 heavy (non-hydrogen) atoms. The molecule has 2 aromatic heterocycles. The number of morpholine rings is 1. The Morgan fingerprint density at radius 2 is 1.97 bits per heavy atom. The van der Waals surface area contributed by atoms with E-state index < -0.39 is 0 Å². The van der Waals surface area contributed by atoms with Gasteiger partial charge in [0.2, 0.25) is 0 Å². The van der Waals surface area contributed by atoms with Gasteiger partial charge in [-0.25, -0.2) is 9.97 Å². The van der Waals surface area contributed by atoms with Crippen molar-refractivity contribution < 1.29 is 9.84 Å². The second kappa shape index (κ2) is 8.84. The van der Waals surface area contributed by atoms with Gasteiger partial charge in [-0.05, 0) is 56.4 Å². The second-order valence-electron chi connectivity index (χ2n) is 8.72. The predicted molar refractivity (Wildman–Crippen MR) is 117 cm³/mol. The van der Waals surface area contributed by atoms with E-state index in [1.54, 1.807) is 0 Å². The number of nitrogens with one attached hydrogen (secondary N) is 1. The number of aryl methyl sites for hydroxylation is 2. The van der Waals surface area contributed by atoms with Gasteiger partial charge in [0.05, 0.1) is 25.1 Å². The number of fused-ring (bicyclic) bond motifs is 3. The van der Waals surface area contributed by atoms with Gasteiger partial charge in [-0.1, -0.05) is 6.42 Å². The molecule has 2 fully saturated rings. The second-order valence-corrected chi connectivity index (χ2v) is 9.81. The van der Waals surface area contributed by atoms with Crippen LogP contribution < -0.4 is 5.32 Å². The summed E-state index contributed by atoms with van der Waals surface area (Å²) in [6, 6.07) is 0.413. The number of anilines is 1. The first-order chi connectivity index (χ1) is 14.3. The zero-order valence-electron chi connectivity index (χ0n) is 17.2. The third-order valence-electron chi connectivity index (χ3n) is 6.81. The molecule has 0 spiro atoms. The Morgan fingerprint density at radius 3 is 2.83 bits per heavy atom. The largest absolute Gasteiger partial charge is 0.396 e. The fraction of sp³-hybridized carbons (Fsp3) is 0.727. The third-order valence-corrected chi connectivity index (χ3v) is 8.00. The molecule has 2 aromatic rings. The molecule has 2 unspecified atom stereocenters. The minimum Gasteiger partial charge on any atom is -0.396 e. The number of aromatic nitrogens is 2. The molecule has 7 heteroatoms. The third kappa shape index (κ3) is 4.15. The standard InChI is InChI=1S/C22H32N4O2S/c27-11-8-15-4-3-6-17(15)23-21-20-16-5-1-2-7-18(16)29-22(20)25-19(24-21)14-26-9-12-28-13-10-26/h15,17,27H,1-14H2,(H,23,24,25). The van der Waals surface area contributed by atoms with Gasteiger partial charge in [-0.3, -0.25) is 4.90 Å². The Balaban J connectivity index is 1.49. The lowest BCUT2D eigenvalue weighted by molar-refractivity contribution is 0.0331. The maximum absolute atomic E-state index is 9.47. The number of hydrogen-bond donors (Lipinski definition) is 2. The molecule has 5 rings (SSSR count). The molecule has 3 aliphatic rings. The van der Waals surface area contributed by atoms with Crippen molar-refractivity contribution in [2.45, 2.75) is 64.0 Å². The van der Waals surface area contributed by atoms with E-state index >= 15 is 0 Å². The van der Waals surface area contributed by atoms with Gasteiger partial charge in [-0.15, -0.1) is 11.3 Å². The van der Waals surface area contributed by atoms with Crippen LogP contribution in [0.25, 0.3) is 10.2 Å². The Morgan fingerprint density at radius 1 is 1.10 bits per heavy atom. The van der Waals surface area contributed by atoms with Gasteiger partial charge in [0.25, 0.3) is 0 Å². The zero-order chi connectivity index (χ0) is 19.6. The predicted octanol–water partition coefficient (Wildman–Crippen LogP) is 3.37. The molecule has 0 bridgehead atoms. The average Bonchev–Trinajstić information content (AvgIpc) is 3.33. The summed E-state index contributed by atoms with van der Waals surface area (Å²) in [5.41, 5.74) is 1.49. The highest BCUT2D eigenvalue weighted by molar-refractivity contribution is 7.19. The van der Waals surface area contributed by atoms with Crippen molar-refractivity contribution in [3.8, 4) is 0 Å². The normalized spacial score (nSPS) is 25.4. The molecule has 1 saturated heterocycles. The number of nitrogens with zero attached hydrogens (tertiary/aromatic N) is 3. The van der Waals surface area contributed by atoms with Crippen molar-refractivity contribution in [3.05, 3.63) is 16.3 Å². The lowest BCUT2D eigenvalue weighted by Crippen LogP contribution is -2.36. The summed E-state index contributed by atoms with van der Waals surface area (Å²) in [5.74, 6) is 2.52. The Kier molecular flexibility index (Phi) is 5.99. The number of hydrogen-bond acceptors (Lipinski definition) is 7. The maximum atomic E-state index is 9.47. The quantitative estimate of drug-likeness (QED) is 0.752. The maximum Gasteiger partial charge on any atom is 0.146 e. The number of ether oxygens (including phenoxy) is 1. The van der Waals surface area contributed by atoms with E-state index in [-0.39, 0.29) is 6.61 Å². The fourth-order valence-electron chi connectivity index (χ4n) is 5.25. The molecule has 2 aliphatic carbocycles. The van der Waals surface area contributed by atoms with Crippen molar-refractivity contribution in [1.29, 1.82) is 0 Å². The van der Waals surface area contributed by atoms with Crippen LogP contribution in [0.4, 0.5) is 5.82 Å². The summed E-state index contributed by atoms with van der Waals surface area (Å²) in [6.45, 7) is 4.56. The van der Waals surface area contributed by atoms with Crippen molar-refractivity contribution in [3.63, 3.8) is 0 Å². The monoisotopic (exact) mass is 416 g/mol. The number of aliphatic hydroxyl groups is 1. The summed E-state index contributed by atoms with van der Waals surface area (Å²) in [5, 5.41) is 14.6. The number of thiophene rings is 1. The van der Waals surface area contributed by atoms with Crippen LogP contribution in [0, 0.1) is 5.92 Å². The highest BCUT2D eigenvalue weighted by Gasteiger charge is 2.29. The molecule has 0 amide bonds. The van der Waals surface area contributed by atoms with E-state index in [1.807, 2.05) is 11.3 Å². The van der Waals surface area contributed by atoms with Crippen LogP contribution >= 0.6 is 11.3 Å². The molecule has 158 valence electrons. The molecular formula is C22H32N4O2S. The highest BCUT2D eigenvalue weighted by Crippen LogP contribution is 2.40. The minimum atomic E-state index is 0.276. The summed E-state index contributed by atoms with van der Waals surface area (Å²) in [6.07, 6.45) is 9.39. The van der Waals surface area contributed by atoms with Crippen molar-refractivity contribution in [1.82, 2.24) is 14.9 Å². The zero-order valence-corrected chi connectivity index (χ0v) is 18.0.